The number of nitrogens with zero attached hydrogens (tertiary/aromatic N) is 2. The zero-order valence-electron chi connectivity index (χ0n) is 21.2. The maximum atomic E-state index is 12.9. The fraction of sp³-hybridized carbons (Fsp3) is 0.370. The number of nitrogens with one attached hydrogen (secondary N) is 1. The first-order valence-corrected chi connectivity index (χ1v) is 14.2. The summed E-state index contributed by atoms with van der Waals surface area (Å²) in [5.41, 5.74) is 0.262. The third-order valence-corrected chi connectivity index (χ3v) is 9.20. The lowest BCUT2D eigenvalue weighted by Crippen LogP contribution is -2.71. The highest BCUT2D eigenvalue weighted by Gasteiger charge is 2.52. The number of amides is 2. The van der Waals surface area contributed by atoms with Crippen molar-refractivity contribution in [2.75, 3.05) is 45.4 Å². The number of rotatable bonds is 11. The number of allylic oxidation sites excluding steroid dienone is 1. The first kappa shape index (κ1) is 28.2. The minimum Gasteiger partial charge on any atom is -0.543 e. The number of benzene rings is 2. The van der Waals surface area contributed by atoms with Gasteiger partial charge in [0.05, 0.1) is 51.3 Å². The lowest BCUT2D eigenvalue weighted by molar-refractivity contribution is -0.910. The van der Waals surface area contributed by atoms with Gasteiger partial charge in [-0.2, -0.15) is 0 Å². The molecule has 0 bridgehead atoms. The minimum absolute atomic E-state index is 0.132. The molecule has 2 aromatic carbocycles. The molecule has 38 heavy (non-hydrogen) atoms. The number of carbonyl (C=O) groups is 3. The Bertz CT molecular complexity index is 1290. The van der Waals surface area contributed by atoms with Gasteiger partial charge in [-0.15, -0.1) is 23.5 Å². The highest BCUT2D eigenvalue weighted by atomic mass is 32.2. The lowest BCUT2D eigenvalue weighted by Gasteiger charge is -2.50. The number of aliphatic hydroxyl groups excluding tert-OH is 2. The van der Waals surface area contributed by atoms with Gasteiger partial charge in [-0.05, 0) is 34.6 Å². The summed E-state index contributed by atoms with van der Waals surface area (Å²) in [6.07, 6.45) is 3.42. The summed E-state index contributed by atoms with van der Waals surface area (Å²) in [7, 11) is 3.71. The van der Waals surface area contributed by atoms with Crippen molar-refractivity contribution >= 4 is 52.1 Å². The number of thioether (sulfide) groups is 2. The van der Waals surface area contributed by atoms with Crippen molar-refractivity contribution in [1.29, 1.82) is 0 Å². The smallest absolute Gasteiger partial charge is 0.253 e. The number of aliphatic hydroxyl groups is 2. The van der Waals surface area contributed by atoms with Crippen LogP contribution in [0.1, 0.15) is 0 Å². The fourth-order valence-electron chi connectivity index (χ4n) is 4.50. The number of aliphatic carboxylic acids is 1. The van der Waals surface area contributed by atoms with Crippen molar-refractivity contribution in [3.05, 3.63) is 65.9 Å². The van der Waals surface area contributed by atoms with E-state index in [1.807, 2.05) is 56.6 Å². The van der Waals surface area contributed by atoms with E-state index in [9.17, 15) is 29.7 Å². The van der Waals surface area contributed by atoms with Gasteiger partial charge >= 0.3 is 0 Å². The Morgan fingerprint density at radius 2 is 1.92 bits per heavy atom. The van der Waals surface area contributed by atoms with Crippen LogP contribution in [0.5, 0.6) is 0 Å². The summed E-state index contributed by atoms with van der Waals surface area (Å²) in [4.78, 5) is 39.6. The van der Waals surface area contributed by atoms with E-state index >= 15 is 0 Å². The molecule has 0 aromatic heterocycles. The Balaban J connectivity index is 1.37. The molecule has 2 atom stereocenters. The van der Waals surface area contributed by atoms with Gasteiger partial charge in [-0.25, -0.2) is 0 Å². The summed E-state index contributed by atoms with van der Waals surface area (Å²) in [5.74, 6) is -1.75. The van der Waals surface area contributed by atoms with Crippen LogP contribution in [0, 0.1) is 0 Å². The largest absolute Gasteiger partial charge is 0.543 e. The molecule has 9 nitrogen and oxygen atoms in total. The number of quaternary nitrogens is 1. The topological polar surface area (TPSA) is 130 Å². The Kier molecular flexibility index (Phi) is 8.84. The van der Waals surface area contributed by atoms with E-state index in [-0.39, 0.29) is 36.6 Å². The number of likely N-dealkylation sites (N-methyl/N-ethyl adjacent to an activating group) is 1. The molecule has 0 unspecified atom stereocenters. The number of carboxylic acids is 1. The third kappa shape index (κ3) is 5.92. The summed E-state index contributed by atoms with van der Waals surface area (Å²) in [5, 5.41) is 35.4. The van der Waals surface area contributed by atoms with E-state index in [4.69, 9.17) is 0 Å². The highest BCUT2D eigenvalue weighted by Crippen LogP contribution is 2.40. The van der Waals surface area contributed by atoms with Crippen LogP contribution in [0.15, 0.2) is 70.8 Å². The van der Waals surface area contributed by atoms with E-state index in [2.05, 4.69) is 5.32 Å². The second-order valence-corrected chi connectivity index (χ2v) is 12.0. The van der Waals surface area contributed by atoms with E-state index in [0.717, 1.165) is 15.7 Å². The molecule has 0 saturated carbocycles. The van der Waals surface area contributed by atoms with E-state index in [0.29, 0.717) is 22.4 Å². The molecule has 2 aromatic rings. The van der Waals surface area contributed by atoms with Crippen LogP contribution < -0.4 is 10.4 Å². The molecule has 2 aliphatic heterocycles. The molecule has 4 rings (SSSR count). The van der Waals surface area contributed by atoms with Crippen LogP contribution in [-0.4, -0.2) is 100 Å². The zero-order valence-corrected chi connectivity index (χ0v) is 22.8. The predicted molar refractivity (Wildman–Crippen MR) is 146 cm³/mol. The molecular formula is C27H31N3O6S2. The van der Waals surface area contributed by atoms with Gasteiger partial charge in [0.15, 0.2) is 0 Å². The van der Waals surface area contributed by atoms with Crippen molar-refractivity contribution in [2.45, 2.75) is 22.4 Å². The Hall–Kier alpha value is -2.83. The van der Waals surface area contributed by atoms with Gasteiger partial charge in [-0.1, -0.05) is 36.4 Å². The van der Waals surface area contributed by atoms with Gasteiger partial charge in [0, 0.05) is 10.6 Å². The second kappa shape index (κ2) is 11.9. The molecule has 2 heterocycles. The number of hydrogen-bond donors (Lipinski definition) is 3. The van der Waals surface area contributed by atoms with Crippen LogP contribution in [0.4, 0.5) is 0 Å². The highest BCUT2D eigenvalue weighted by molar-refractivity contribution is 8.00. The number of fused-ring (bicyclic) bond motifs is 2. The van der Waals surface area contributed by atoms with E-state index in [1.54, 1.807) is 12.2 Å². The molecule has 202 valence electrons. The molecule has 0 radical (unpaired) electrons. The number of hydrogen-bond acceptors (Lipinski definition) is 8. The monoisotopic (exact) mass is 557 g/mol. The third-order valence-electron chi connectivity index (χ3n) is 6.90. The molecule has 0 spiro atoms. The van der Waals surface area contributed by atoms with Crippen LogP contribution in [0.25, 0.3) is 10.8 Å². The summed E-state index contributed by atoms with van der Waals surface area (Å²) in [6.45, 7) is 0.0707. The maximum absolute atomic E-state index is 12.9. The molecule has 0 aliphatic carbocycles. The van der Waals surface area contributed by atoms with Gasteiger partial charge in [-0.3, -0.25) is 14.5 Å². The molecule has 3 N–H and O–H groups in total. The Labute approximate surface area is 229 Å². The Morgan fingerprint density at radius 3 is 2.61 bits per heavy atom. The van der Waals surface area contributed by atoms with Gasteiger partial charge in [0.1, 0.15) is 17.5 Å². The second-order valence-electron chi connectivity index (χ2n) is 9.80. The van der Waals surface area contributed by atoms with Gasteiger partial charge < -0.3 is 29.9 Å². The van der Waals surface area contributed by atoms with Crippen molar-refractivity contribution in [3.63, 3.8) is 0 Å². The van der Waals surface area contributed by atoms with Crippen LogP contribution in [0.3, 0.4) is 0 Å². The lowest BCUT2D eigenvalue weighted by atomic mass is 10.0. The van der Waals surface area contributed by atoms with E-state index < -0.39 is 23.3 Å². The van der Waals surface area contributed by atoms with Crippen molar-refractivity contribution in [2.24, 2.45) is 0 Å². The van der Waals surface area contributed by atoms with Crippen LogP contribution in [-0.2, 0) is 14.4 Å². The minimum atomic E-state index is -1.45. The molecule has 1 saturated heterocycles. The molecule has 2 amide bonds. The Morgan fingerprint density at radius 1 is 1.21 bits per heavy atom. The molecule has 2 aliphatic rings. The van der Waals surface area contributed by atoms with Crippen molar-refractivity contribution < 1.29 is 34.2 Å². The van der Waals surface area contributed by atoms with E-state index in [1.165, 1.54) is 28.4 Å². The summed E-state index contributed by atoms with van der Waals surface area (Å²) >= 11 is 2.76. The van der Waals surface area contributed by atoms with Gasteiger partial charge in [0.2, 0.25) is 5.91 Å². The first-order chi connectivity index (χ1) is 18.2. The zero-order chi connectivity index (χ0) is 27.4. The predicted octanol–water partition coefficient (Wildman–Crippen LogP) is 0.322. The maximum Gasteiger partial charge on any atom is 0.253 e. The first-order valence-electron chi connectivity index (χ1n) is 12.2. The van der Waals surface area contributed by atoms with Crippen LogP contribution in [0.2, 0.25) is 0 Å². The molecule has 11 heteroatoms. The number of carbonyl (C=O) groups excluding carboxylic acids is 3. The molecular weight excluding hydrogens is 526 g/mol. The SMILES string of the molecule is C[N+](C)(C/C=C/C1=C(C(=O)[O-])N2C(=O)[C@@H](NC(=O)CSc3ccc4ccccc4c3)[C@H]2SC1)C(CO)CO. The number of carboxylic acid groups (broad SMARTS) is 1. The average molecular weight is 558 g/mol. The summed E-state index contributed by atoms with van der Waals surface area (Å²) in [6, 6.07) is 12.8. The number of β-lactam (4-membered cyclic amide) rings is 1. The van der Waals surface area contributed by atoms with Gasteiger partial charge in [0.25, 0.3) is 5.91 Å². The fourth-order valence-corrected chi connectivity index (χ4v) is 6.57. The normalized spacial score (nSPS) is 19.7. The van der Waals surface area contributed by atoms with Crippen molar-refractivity contribution in [3.8, 4) is 0 Å². The van der Waals surface area contributed by atoms with Crippen LogP contribution >= 0.6 is 23.5 Å². The quantitative estimate of drug-likeness (QED) is 0.205. The molecule has 1 fully saturated rings. The summed E-state index contributed by atoms with van der Waals surface area (Å²) < 4.78 is 0.307. The van der Waals surface area contributed by atoms with Crippen molar-refractivity contribution in [1.82, 2.24) is 10.2 Å². The average Bonchev–Trinajstić information content (AvgIpc) is 2.90. The standard InChI is InChI=1S/C27H31N3O6S2/c1-30(2,20(13-31)14-32)11-5-8-19-15-38-26-23(25(34)29(26)24(19)27(35)36)28-22(33)16-37-21-10-9-17-6-3-4-7-18(17)12-21/h3-10,12,20,23,26,31-32H,11,13-16H2,1-2H3,(H-,28,33,35,36)/b8-5+/t23-,26-/m1/s1.